The van der Waals surface area contributed by atoms with Gasteiger partial charge in [-0.15, -0.1) is 0 Å². The van der Waals surface area contributed by atoms with Gasteiger partial charge in [0.15, 0.2) is 0 Å². The Balaban J connectivity index is 1.46. The molecule has 0 spiro atoms. The van der Waals surface area contributed by atoms with Crippen molar-refractivity contribution < 1.29 is 41.8 Å². The van der Waals surface area contributed by atoms with E-state index in [0.717, 1.165) is 21.6 Å². The third kappa shape index (κ3) is 11.3. The summed E-state index contributed by atoms with van der Waals surface area (Å²) >= 11 is 0. The molecule has 1 heterocycles. The van der Waals surface area contributed by atoms with E-state index in [0.29, 0.717) is 27.8 Å². The fourth-order valence-corrected chi connectivity index (χ4v) is 32.2. The van der Waals surface area contributed by atoms with Crippen LogP contribution >= 0.6 is 32.4 Å². The number of rotatable bonds is 16. The van der Waals surface area contributed by atoms with E-state index in [4.69, 9.17) is 16.5 Å². The summed E-state index contributed by atoms with van der Waals surface area (Å²) in [5, 5.41) is 0. The molecule has 252 valence electrons. The molecule has 46 heavy (non-hydrogen) atoms. The largest absolute Gasteiger partial charge is 0.416 e. The monoisotopic (exact) mass is 796 g/mol. The first-order chi connectivity index (χ1) is 21.5. The van der Waals surface area contributed by atoms with Gasteiger partial charge in [-0.1, -0.05) is 54.6 Å². The highest BCUT2D eigenvalue weighted by atomic mass is 33.2. The molecule has 2 atom stereocenters. The van der Waals surface area contributed by atoms with Gasteiger partial charge in [0, 0.05) is 33.2 Å². The molecule has 3 aromatic carbocycles. The van der Waals surface area contributed by atoms with Crippen molar-refractivity contribution in [3.05, 3.63) is 91.0 Å². The van der Waals surface area contributed by atoms with Gasteiger partial charge in [0.1, 0.15) is 0 Å². The van der Waals surface area contributed by atoms with Crippen molar-refractivity contribution in [3.8, 4) is 0 Å². The van der Waals surface area contributed by atoms with Crippen LogP contribution in [0.1, 0.15) is 0 Å². The summed E-state index contributed by atoms with van der Waals surface area (Å²) in [6.45, 7) is 5.37. The Morgan fingerprint density at radius 2 is 0.935 bits per heavy atom. The Hall–Kier alpha value is -0.949. The second kappa shape index (κ2) is 15.7. The third-order valence-corrected chi connectivity index (χ3v) is 30.9. The van der Waals surface area contributed by atoms with Crippen molar-refractivity contribution in [3.63, 3.8) is 0 Å². The minimum absolute atomic E-state index is 0.172. The number of hydrogen-bond acceptors (Lipinski definition) is 13. The molecule has 0 amide bonds. The topological polar surface area (TPSA) is 139 Å². The SMILES string of the molecule is C[Si]1(CCOS(=O)(=O)Sc2ccccc2)O[Si](C)(CCSS(=O)(=O)c2ccccc2)O[Si](C)(CCSS(=O)(=O)c2ccccc2)O1. The maximum atomic E-state index is 12.9. The standard InChI is InChI=1S/C27H36O10S6Si3/c1-44(22-19-34-43(32,33)40-25-13-7-4-8-14-25)35-45(2,23-20-38-41(28,29)26-15-9-5-10-16-26)37-46(3,36-44)24-21-39-42(30,31)27-17-11-6-12-18-27/h4-18H,19-24H2,1-3H3. The van der Waals surface area contributed by atoms with Gasteiger partial charge in [0.25, 0.3) is 0 Å². The highest BCUT2D eigenvalue weighted by Gasteiger charge is 2.56. The van der Waals surface area contributed by atoms with Crippen LogP contribution in [-0.4, -0.2) is 69.0 Å². The van der Waals surface area contributed by atoms with Crippen LogP contribution in [0.5, 0.6) is 0 Å². The lowest BCUT2D eigenvalue weighted by Gasteiger charge is -2.50. The molecule has 0 bridgehead atoms. The highest BCUT2D eigenvalue weighted by molar-refractivity contribution is 8.72. The zero-order valence-corrected chi connectivity index (χ0v) is 33.3. The average Bonchev–Trinajstić information content (AvgIpc) is 2.97. The van der Waals surface area contributed by atoms with E-state index in [9.17, 15) is 25.3 Å². The summed E-state index contributed by atoms with van der Waals surface area (Å²) in [5.41, 5.74) is 0. The van der Waals surface area contributed by atoms with Crippen LogP contribution in [0.25, 0.3) is 0 Å². The van der Waals surface area contributed by atoms with Gasteiger partial charge >= 0.3 is 34.8 Å². The van der Waals surface area contributed by atoms with Gasteiger partial charge in [-0.25, -0.2) is 16.8 Å². The molecule has 19 heteroatoms. The molecular formula is C27H36O10S6Si3. The predicted octanol–water partition coefficient (Wildman–Crippen LogP) is 6.56. The van der Waals surface area contributed by atoms with E-state index in [1.165, 1.54) is 0 Å². The Labute approximate surface area is 286 Å². The summed E-state index contributed by atoms with van der Waals surface area (Å²) in [5.74, 6) is 0.426. The zero-order valence-electron chi connectivity index (χ0n) is 25.4. The Morgan fingerprint density at radius 3 is 1.35 bits per heavy atom. The first-order valence-electron chi connectivity index (χ1n) is 14.2. The van der Waals surface area contributed by atoms with Gasteiger partial charge in [0.05, 0.1) is 16.4 Å². The van der Waals surface area contributed by atoms with Crippen molar-refractivity contribution in [1.82, 2.24) is 0 Å². The quantitative estimate of drug-likeness (QED) is 0.114. The fraction of sp³-hybridized carbons (Fsp3) is 0.333. The molecule has 3 aromatic rings. The molecular weight excluding hydrogens is 761 g/mol. The Bertz CT molecular complexity index is 1680. The van der Waals surface area contributed by atoms with E-state index in [1.54, 1.807) is 91.0 Å². The maximum absolute atomic E-state index is 12.9. The van der Waals surface area contributed by atoms with Crippen LogP contribution in [0.2, 0.25) is 37.8 Å². The minimum Gasteiger partial charge on any atom is -0.416 e. The highest BCUT2D eigenvalue weighted by Crippen LogP contribution is 2.39. The lowest BCUT2D eigenvalue weighted by atomic mass is 10.4. The lowest BCUT2D eigenvalue weighted by molar-refractivity contribution is 0.217. The average molecular weight is 797 g/mol. The van der Waals surface area contributed by atoms with Gasteiger partial charge in [-0.3, -0.25) is 4.18 Å². The number of benzene rings is 3. The summed E-state index contributed by atoms with van der Waals surface area (Å²) in [6.07, 6.45) is 0. The summed E-state index contributed by atoms with van der Waals surface area (Å²) < 4.78 is 102. The summed E-state index contributed by atoms with van der Waals surface area (Å²) in [7, 11) is -18.2. The van der Waals surface area contributed by atoms with Gasteiger partial charge in [0.2, 0.25) is 17.7 Å². The van der Waals surface area contributed by atoms with E-state index < -0.39 is 52.6 Å². The molecule has 10 nitrogen and oxygen atoms in total. The second-order valence-corrected chi connectivity index (χ2v) is 33.0. The summed E-state index contributed by atoms with van der Waals surface area (Å²) in [4.78, 5) is 0.945. The Morgan fingerprint density at radius 1 is 0.565 bits per heavy atom. The molecule has 4 rings (SSSR count). The second-order valence-electron chi connectivity index (χ2n) is 10.8. The first-order valence-corrected chi connectivity index (χ1v) is 30.4. The van der Waals surface area contributed by atoms with Crippen molar-refractivity contribution in [1.29, 1.82) is 0 Å². The van der Waals surface area contributed by atoms with Crippen LogP contribution in [-0.2, 0) is 43.4 Å². The Kier molecular flexibility index (Phi) is 12.9. The predicted molar refractivity (Wildman–Crippen MR) is 192 cm³/mol. The van der Waals surface area contributed by atoms with Crippen LogP contribution in [0, 0.1) is 0 Å². The van der Waals surface area contributed by atoms with Crippen LogP contribution < -0.4 is 0 Å². The van der Waals surface area contributed by atoms with E-state index in [-0.39, 0.29) is 33.9 Å². The zero-order chi connectivity index (χ0) is 33.5. The molecule has 2 unspecified atom stereocenters. The van der Waals surface area contributed by atoms with Crippen molar-refractivity contribution in [2.45, 2.75) is 52.5 Å². The van der Waals surface area contributed by atoms with Crippen molar-refractivity contribution in [2.75, 3.05) is 18.1 Å². The van der Waals surface area contributed by atoms with Crippen molar-refractivity contribution in [2.24, 2.45) is 0 Å². The molecule has 0 N–H and O–H groups in total. The van der Waals surface area contributed by atoms with Crippen molar-refractivity contribution >= 4 is 85.0 Å². The summed E-state index contributed by atoms with van der Waals surface area (Å²) in [6, 6.07) is 25.8. The van der Waals surface area contributed by atoms with E-state index in [2.05, 4.69) is 0 Å². The smallest absolute Gasteiger partial charge is 0.326 e. The third-order valence-electron chi connectivity index (χ3n) is 6.67. The van der Waals surface area contributed by atoms with E-state index in [1.807, 2.05) is 19.6 Å². The van der Waals surface area contributed by atoms with Crippen LogP contribution in [0.3, 0.4) is 0 Å². The molecule has 0 radical (unpaired) electrons. The number of hydrogen-bond donors (Lipinski definition) is 0. The maximum Gasteiger partial charge on any atom is 0.326 e. The van der Waals surface area contributed by atoms with Crippen LogP contribution in [0.4, 0.5) is 0 Å². The fourth-order valence-electron chi connectivity index (χ4n) is 4.67. The van der Waals surface area contributed by atoms with Gasteiger partial charge in [-0.05, 0) is 89.7 Å². The normalized spacial score (nSPS) is 24.1. The van der Waals surface area contributed by atoms with Gasteiger partial charge < -0.3 is 12.3 Å². The lowest BCUT2D eigenvalue weighted by Crippen LogP contribution is -2.67. The minimum atomic E-state index is -3.95. The van der Waals surface area contributed by atoms with Crippen LogP contribution in [0.15, 0.2) is 106 Å². The molecule has 1 saturated heterocycles. The molecule has 0 aromatic heterocycles. The molecule has 1 aliphatic heterocycles. The van der Waals surface area contributed by atoms with Gasteiger partial charge in [-0.2, -0.15) is 8.42 Å². The van der Waals surface area contributed by atoms with E-state index >= 15 is 0 Å². The molecule has 0 aliphatic carbocycles. The molecule has 0 saturated carbocycles. The first kappa shape index (κ1) is 37.9. The molecule has 1 fully saturated rings. The molecule has 1 aliphatic rings.